The molecule has 4 heteroatoms. The highest BCUT2D eigenvalue weighted by Crippen LogP contribution is 2.49. The molecule has 0 unspecified atom stereocenters. The Bertz CT molecular complexity index is 884. The van der Waals surface area contributed by atoms with Gasteiger partial charge in [-0.1, -0.05) is 66.7 Å². The quantitative estimate of drug-likeness (QED) is 0.607. The van der Waals surface area contributed by atoms with E-state index in [-0.39, 0.29) is 0 Å². The molecule has 28 heavy (non-hydrogen) atoms. The van der Waals surface area contributed by atoms with Gasteiger partial charge in [-0.3, -0.25) is 4.90 Å². The molecule has 2 nitrogen and oxygen atoms in total. The van der Waals surface area contributed by atoms with Crippen LogP contribution < -0.4 is 0 Å². The maximum atomic E-state index is 14.0. The summed E-state index contributed by atoms with van der Waals surface area (Å²) in [7, 11) is 0. The highest BCUT2D eigenvalue weighted by molar-refractivity contribution is 5.28. The number of halogens is 2. The Labute approximate surface area is 164 Å². The molecule has 1 aliphatic carbocycles. The van der Waals surface area contributed by atoms with Crippen LogP contribution in [0.1, 0.15) is 35.6 Å². The molecule has 0 amide bonds. The lowest BCUT2D eigenvalue weighted by Gasteiger charge is -2.36. The number of benzene rings is 3. The monoisotopic (exact) mass is 379 g/mol. The van der Waals surface area contributed by atoms with Crippen LogP contribution in [-0.4, -0.2) is 15.6 Å². The minimum atomic E-state index is -0.923. The topological polar surface area (TPSA) is 23.5 Å². The Kier molecular flexibility index (Phi) is 5.25. The van der Waals surface area contributed by atoms with Gasteiger partial charge >= 0.3 is 0 Å². The lowest BCUT2D eigenvalue weighted by Crippen LogP contribution is -2.37. The number of aliphatic hydroxyl groups is 1. The Morgan fingerprint density at radius 3 is 1.79 bits per heavy atom. The van der Waals surface area contributed by atoms with Gasteiger partial charge in [-0.15, -0.1) is 0 Å². The minimum Gasteiger partial charge on any atom is -0.388 e. The third kappa shape index (κ3) is 4.13. The van der Waals surface area contributed by atoms with E-state index >= 15 is 0 Å². The average molecular weight is 379 g/mol. The van der Waals surface area contributed by atoms with Gasteiger partial charge in [0.1, 0.15) is 0 Å². The van der Waals surface area contributed by atoms with Gasteiger partial charge in [0.05, 0.1) is 11.6 Å². The molecule has 0 radical (unpaired) electrons. The zero-order valence-corrected chi connectivity index (χ0v) is 15.6. The molecule has 1 N–H and O–H groups in total. The molecule has 0 aliphatic heterocycles. The maximum absolute atomic E-state index is 14.0. The van der Waals surface area contributed by atoms with Crippen molar-refractivity contribution in [1.82, 2.24) is 4.90 Å². The van der Waals surface area contributed by atoms with Gasteiger partial charge in [0, 0.05) is 13.1 Å². The molecule has 1 atom stereocenters. The van der Waals surface area contributed by atoms with Crippen molar-refractivity contribution in [3.63, 3.8) is 0 Å². The molecule has 1 saturated carbocycles. The molecule has 0 aromatic heterocycles. The normalized spacial score (nSPS) is 16.1. The van der Waals surface area contributed by atoms with Crippen LogP contribution in [0.4, 0.5) is 8.78 Å². The van der Waals surface area contributed by atoms with Gasteiger partial charge < -0.3 is 5.11 Å². The summed E-state index contributed by atoms with van der Waals surface area (Å²) in [6.45, 7) is 1.20. The summed E-state index contributed by atoms with van der Waals surface area (Å²) in [6, 6.07) is 23.5. The van der Waals surface area contributed by atoms with Crippen molar-refractivity contribution in [2.45, 2.75) is 37.6 Å². The van der Waals surface area contributed by atoms with Crippen LogP contribution in [0.25, 0.3) is 0 Å². The second kappa shape index (κ2) is 7.82. The van der Waals surface area contributed by atoms with E-state index in [0.717, 1.165) is 17.2 Å². The third-order valence-corrected chi connectivity index (χ3v) is 5.35. The van der Waals surface area contributed by atoms with E-state index in [1.165, 1.54) is 6.07 Å². The summed E-state index contributed by atoms with van der Waals surface area (Å²) < 4.78 is 27.5. The lowest BCUT2D eigenvalue weighted by atomic mass is 9.96. The predicted octanol–water partition coefficient (Wildman–Crippen LogP) is 5.23. The molecule has 144 valence electrons. The van der Waals surface area contributed by atoms with Gasteiger partial charge in [0.15, 0.2) is 11.6 Å². The second-order valence-electron chi connectivity index (χ2n) is 7.56. The Balaban J connectivity index is 1.73. The van der Waals surface area contributed by atoms with Crippen molar-refractivity contribution >= 4 is 0 Å². The number of rotatable bonds is 7. The van der Waals surface area contributed by atoms with Crippen molar-refractivity contribution in [3.8, 4) is 0 Å². The first-order valence-corrected chi connectivity index (χ1v) is 9.54. The van der Waals surface area contributed by atoms with Crippen molar-refractivity contribution < 1.29 is 13.9 Å². The Hall–Kier alpha value is -2.56. The van der Waals surface area contributed by atoms with Gasteiger partial charge in [-0.05, 0) is 41.7 Å². The lowest BCUT2D eigenvalue weighted by molar-refractivity contribution is 0.0187. The summed E-state index contributed by atoms with van der Waals surface area (Å²) in [6.07, 6.45) is 1.30. The largest absolute Gasteiger partial charge is 0.388 e. The van der Waals surface area contributed by atoms with E-state index in [1.54, 1.807) is 6.07 Å². The summed E-state index contributed by atoms with van der Waals surface area (Å²) in [5.41, 5.74) is 1.89. The van der Waals surface area contributed by atoms with Crippen LogP contribution in [-0.2, 0) is 13.1 Å². The third-order valence-electron chi connectivity index (χ3n) is 5.35. The molecule has 0 saturated heterocycles. The van der Waals surface area contributed by atoms with E-state index in [9.17, 15) is 13.9 Å². The molecule has 0 spiro atoms. The van der Waals surface area contributed by atoms with E-state index < -0.39 is 23.3 Å². The Morgan fingerprint density at radius 1 is 0.786 bits per heavy atom. The predicted molar refractivity (Wildman–Crippen MR) is 105 cm³/mol. The molecule has 4 rings (SSSR count). The molecule has 0 bridgehead atoms. The summed E-state index contributed by atoms with van der Waals surface area (Å²) >= 11 is 0. The van der Waals surface area contributed by atoms with Gasteiger partial charge in [-0.25, -0.2) is 8.78 Å². The molecule has 3 aromatic carbocycles. The summed E-state index contributed by atoms with van der Waals surface area (Å²) in [5.74, 6) is -1.76. The molecular weight excluding hydrogens is 356 g/mol. The van der Waals surface area contributed by atoms with Crippen LogP contribution in [0.15, 0.2) is 78.9 Å². The van der Waals surface area contributed by atoms with E-state index in [2.05, 4.69) is 4.90 Å². The Morgan fingerprint density at radius 2 is 1.32 bits per heavy atom. The van der Waals surface area contributed by atoms with Crippen LogP contribution in [0.5, 0.6) is 0 Å². The van der Waals surface area contributed by atoms with Crippen LogP contribution >= 0.6 is 0 Å². The van der Waals surface area contributed by atoms with Crippen molar-refractivity contribution in [2.24, 2.45) is 0 Å². The minimum absolute atomic E-state index is 0.414. The second-order valence-corrected chi connectivity index (χ2v) is 7.56. The van der Waals surface area contributed by atoms with E-state index in [4.69, 9.17) is 0 Å². The number of hydrogen-bond acceptors (Lipinski definition) is 2. The molecule has 1 aliphatic rings. The fourth-order valence-electron chi connectivity index (χ4n) is 3.82. The summed E-state index contributed by atoms with van der Waals surface area (Å²) in [4.78, 5) is 2.16. The fourth-order valence-corrected chi connectivity index (χ4v) is 3.82. The average Bonchev–Trinajstić information content (AvgIpc) is 3.44. The smallest absolute Gasteiger partial charge is 0.159 e. The molecule has 0 heterocycles. The van der Waals surface area contributed by atoms with Crippen molar-refractivity contribution in [1.29, 1.82) is 0 Å². The molecule has 3 aromatic rings. The summed E-state index contributed by atoms with van der Waals surface area (Å²) in [5, 5.41) is 11.1. The SMILES string of the molecule is OC1([C@@H](c2ccc(F)c(F)c2)N(Cc2ccccc2)Cc2ccccc2)CC1. The first kappa shape index (κ1) is 18.8. The number of nitrogens with zero attached hydrogens (tertiary/aromatic N) is 1. The zero-order chi connectivity index (χ0) is 19.6. The first-order chi connectivity index (χ1) is 13.5. The van der Waals surface area contributed by atoms with E-state index in [1.807, 2.05) is 60.7 Å². The van der Waals surface area contributed by atoms with Crippen LogP contribution in [0.2, 0.25) is 0 Å². The van der Waals surface area contributed by atoms with Crippen molar-refractivity contribution in [3.05, 3.63) is 107 Å². The fraction of sp³-hybridized carbons (Fsp3) is 0.250. The van der Waals surface area contributed by atoms with Crippen LogP contribution in [0.3, 0.4) is 0 Å². The van der Waals surface area contributed by atoms with Crippen LogP contribution in [0, 0.1) is 11.6 Å². The maximum Gasteiger partial charge on any atom is 0.159 e. The van der Waals surface area contributed by atoms with Crippen molar-refractivity contribution in [2.75, 3.05) is 0 Å². The van der Waals surface area contributed by atoms with Gasteiger partial charge in [0.25, 0.3) is 0 Å². The number of hydrogen-bond donors (Lipinski definition) is 1. The highest BCUT2D eigenvalue weighted by atomic mass is 19.2. The molecule has 1 fully saturated rings. The van der Waals surface area contributed by atoms with E-state index in [0.29, 0.717) is 31.5 Å². The van der Waals surface area contributed by atoms with Gasteiger partial charge in [-0.2, -0.15) is 0 Å². The first-order valence-electron chi connectivity index (χ1n) is 9.54. The zero-order valence-electron chi connectivity index (χ0n) is 15.6. The standard InChI is InChI=1S/C24H23F2NO/c25-21-12-11-20(15-22(21)26)23(24(28)13-14-24)27(16-18-7-3-1-4-8-18)17-19-9-5-2-6-10-19/h1-12,15,23,28H,13-14,16-17H2/t23-/m1/s1. The van der Waals surface area contributed by atoms with Gasteiger partial charge in [0.2, 0.25) is 0 Å². The molecular formula is C24H23F2NO. The highest BCUT2D eigenvalue weighted by Gasteiger charge is 2.51.